The van der Waals surface area contributed by atoms with Crippen molar-refractivity contribution in [3.8, 4) is 0 Å². The summed E-state index contributed by atoms with van der Waals surface area (Å²) in [4.78, 5) is 0. The van der Waals surface area contributed by atoms with Gasteiger partial charge in [0.15, 0.2) is 0 Å². The number of ether oxygens (including phenoxy) is 1. The lowest BCUT2D eigenvalue weighted by Crippen LogP contribution is -2.01. The van der Waals surface area contributed by atoms with E-state index in [0.29, 0.717) is 13.2 Å². The van der Waals surface area contributed by atoms with Gasteiger partial charge in [-0.15, -0.1) is 6.54 Å². The van der Waals surface area contributed by atoms with Crippen molar-refractivity contribution in [3.63, 3.8) is 0 Å². The predicted octanol–water partition coefficient (Wildman–Crippen LogP) is 0.0475. The predicted molar refractivity (Wildman–Crippen MR) is 27.1 cm³/mol. The molecule has 0 aliphatic heterocycles. The van der Waals surface area contributed by atoms with Crippen molar-refractivity contribution >= 4 is 0 Å². The van der Waals surface area contributed by atoms with E-state index in [0.717, 1.165) is 0 Å². The van der Waals surface area contributed by atoms with Crippen molar-refractivity contribution in [2.45, 2.75) is 0 Å². The SMILES string of the molecule is [NH-]CCOCCO. The zero-order valence-corrected chi connectivity index (χ0v) is 4.18. The molecule has 0 aromatic heterocycles. The van der Waals surface area contributed by atoms with E-state index in [1.165, 1.54) is 0 Å². The van der Waals surface area contributed by atoms with E-state index in [-0.39, 0.29) is 13.2 Å². The van der Waals surface area contributed by atoms with Crippen LogP contribution in [-0.2, 0) is 4.74 Å². The third-order valence-electron chi connectivity index (χ3n) is 0.482. The smallest absolute Gasteiger partial charge is 0.0696 e. The van der Waals surface area contributed by atoms with Gasteiger partial charge in [0, 0.05) is 6.61 Å². The molecule has 0 radical (unpaired) electrons. The lowest BCUT2D eigenvalue weighted by Gasteiger charge is -2.00. The van der Waals surface area contributed by atoms with Gasteiger partial charge in [0.05, 0.1) is 13.2 Å². The Balaban J connectivity index is 2.45. The Kier molecular flexibility index (Phi) is 5.78. The fourth-order valence-corrected chi connectivity index (χ4v) is 0.239. The molecule has 0 heterocycles. The molecule has 7 heavy (non-hydrogen) atoms. The van der Waals surface area contributed by atoms with Crippen LogP contribution >= 0.6 is 0 Å². The minimum absolute atomic E-state index is 0.0556. The topological polar surface area (TPSA) is 53.3 Å². The highest BCUT2D eigenvalue weighted by molar-refractivity contribution is 4.45. The highest BCUT2D eigenvalue weighted by atomic mass is 16.5. The van der Waals surface area contributed by atoms with E-state index >= 15 is 0 Å². The Morgan fingerprint density at radius 3 is 2.57 bits per heavy atom. The number of nitrogens with one attached hydrogen (secondary N) is 1. The largest absolute Gasteiger partial charge is 0.676 e. The number of hydrogen-bond acceptors (Lipinski definition) is 2. The maximum absolute atomic E-state index is 8.11. The van der Waals surface area contributed by atoms with Crippen molar-refractivity contribution in [3.05, 3.63) is 5.73 Å². The van der Waals surface area contributed by atoms with Crippen molar-refractivity contribution in [2.24, 2.45) is 0 Å². The normalized spacial score (nSPS) is 9.43. The molecule has 3 nitrogen and oxygen atoms in total. The van der Waals surface area contributed by atoms with E-state index in [1.54, 1.807) is 0 Å². The van der Waals surface area contributed by atoms with E-state index in [1.807, 2.05) is 0 Å². The molecule has 0 saturated heterocycles. The molecule has 0 rings (SSSR count). The molecule has 2 N–H and O–H groups in total. The first-order valence-electron chi connectivity index (χ1n) is 2.25. The molecule has 0 aliphatic carbocycles. The summed E-state index contributed by atoms with van der Waals surface area (Å²) in [5.74, 6) is 0. The monoisotopic (exact) mass is 104 g/mol. The van der Waals surface area contributed by atoms with Crippen molar-refractivity contribution < 1.29 is 9.84 Å². The van der Waals surface area contributed by atoms with Gasteiger partial charge < -0.3 is 15.6 Å². The van der Waals surface area contributed by atoms with E-state index in [2.05, 4.69) is 0 Å². The third-order valence-corrected chi connectivity index (χ3v) is 0.482. The first kappa shape index (κ1) is 6.88. The maximum atomic E-state index is 8.11. The fourth-order valence-electron chi connectivity index (χ4n) is 0.239. The van der Waals surface area contributed by atoms with Crippen LogP contribution in [-0.4, -0.2) is 31.5 Å². The Labute approximate surface area is 43.1 Å². The van der Waals surface area contributed by atoms with Gasteiger partial charge in [-0.05, 0) is 0 Å². The van der Waals surface area contributed by atoms with Gasteiger partial charge in [0.1, 0.15) is 0 Å². The molecule has 0 aromatic carbocycles. The second-order valence-corrected chi connectivity index (χ2v) is 1.09. The van der Waals surface area contributed by atoms with Crippen molar-refractivity contribution in [1.82, 2.24) is 0 Å². The first-order chi connectivity index (χ1) is 3.41. The van der Waals surface area contributed by atoms with E-state index in [9.17, 15) is 0 Å². The van der Waals surface area contributed by atoms with Gasteiger partial charge in [-0.2, -0.15) is 0 Å². The summed E-state index contributed by atoms with van der Waals surface area (Å²) >= 11 is 0. The quantitative estimate of drug-likeness (QED) is 0.512. The van der Waals surface area contributed by atoms with Crippen LogP contribution in [0, 0.1) is 0 Å². The van der Waals surface area contributed by atoms with Crippen LogP contribution in [0.3, 0.4) is 0 Å². The van der Waals surface area contributed by atoms with Crippen molar-refractivity contribution in [1.29, 1.82) is 0 Å². The Bertz CT molecular complexity index is 28.9. The molecule has 0 saturated carbocycles. The zero-order valence-electron chi connectivity index (χ0n) is 4.18. The summed E-state index contributed by atoms with van der Waals surface area (Å²) in [5.41, 5.74) is 6.57. The fraction of sp³-hybridized carbons (Fsp3) is 1.00. The molecule has 0 spiro atoms. The lowest BCUT2D eigenvalue weighted by molar-refractivity contribution is 0.101. The highest BCUT2D eigenvalue weighted by Gasteiger charge is 1.75. The highest BCUT2D eigenvalue weighted by Crippen LogP contribution is 1.71. The van der Waals surface area contributed by atoms with Crippen LogP contribution in [0.4, 0.5) is 0 Å². The number of aliphatic hydroxyl groups excluding tert-OH is 1. The molecule has 0 aliphatic rings. The average molecular weight is 104 g/mol. The second kappa shape index (κ2) is 5.88. The summed E-state index contributed by atoms with van der Waals surface area (Å²) < 4.78 is 4.69. The summed E-state index contributed by atoms with van der Waals surface area (Å²) in [6.07, 6.45) is 0. The molecule has 0 aromatic rings. The minimum Gasteiger partial charge on any atom is -0.676 e. The molecular formula is C4H10NO2-. The summed E-state index contributed by atoms with van der Waals surface area (Å²) in [6.45, 7) is 1.12. The van der Waals surface area contributed by atoms with Crippen LogP contribution < -0.4 is 0 Å². The molecule has 0 fully saturated rings. The third kappa shape index (κ3) is 5.88. The average Bonchev–Trinajstić information content (AvgIpc) is 1.69. The summed E-state index contributed by atoms with van der Waals surface area (Å²) in [5, 5.41) is 8.11. The van der Waals surface area contributed by atoms with Gasteiger partial charge in [-0.25, -0.2) is 0 Å². The second-order valence-electron chi connectivity index (χ2n) is 1.09. The standard InChI is InChI=1S/C4H10NO2/c5-1-3-7-4-2-6/h5-6H,1-4H2/q-1. The Morgan fingerprint density at radius 2 is 2.14 bits per heavy atom. The van der Waals surface area contributed by atoms with Gasteiger partial charge in [-0.1, -0.05) is 0 Å². The zero-order chi connectivity index (χ0) is 5.54. The minimum atomic E-state index is 0.0556. The summed E-state index contributed by atoms with van der Waals surface area (Å²) in [6, 6.07) is 0. The number of aliphatic hydroxyl groups is 1. The van der Waals surface area contributed by atoms with Gasteiger partial charge >= 0.3 is 0 Å². The summed E-state index contributed by atoms with van der Waals surface area (Å²) in [7, 11) is 0. The van der Waals surface area contributed by atoms with Crippen molar-refractivity contribution in [2.75, 3.05) is 26.4 Å². The molecule has 0 unspecified atom stereocenters. The number of hydrogen-bond donors (Lipinski definition) is 1. The van der Waals surface area contributed by atoms with E-state index < -0.39 is 0 Å². The van der Waals surface area contributed by atoms with Gasteiger partial charge in [0.25, 0.3) is 0 Å². The molecular weight excluding hydrogens is 94.0 g/mol. The molecule has 3 heteroatoms. The van der Waals surface area contributed by atoms with Crippen LogP contribution in [0.15, 0.2) is 0 Å². The lowest BCUT2D eigenvalue weighted by atomic mass is 10.7. The molecule has 0 atom stereocenters. The molecule has 44 valence electrons. The number of rotatable bonds is 4. The van der Waals surface area contributed by atoms with E-state index in [4.69, 9.17) is 15.6 Å². The van der Waals surface area contributed by atoms with Crippen LogP contribution in [0.5, 0.6) is 0 Å². The first-order valence-corrected chi connectivity index (χ1v) is 2.25. The maximum Gasteiger partial charge on any atom is 0.0696 e. The van der Waals surface area contributed by atoms with Crippen LogP contribution in [0.1, 0.15) is 0 Å². The van der Waals surface area contributed by atoms with Crippen LogP contribution in [0.2, 0.25) is 0 Å². The molecule has 0 amide bonds. The Morgan fingerprint density at radius 1 is 1.43 bits per heavy atom. The molecule has 0 bridgehead atoms. The van der Waals surface area contributed by atoms with Gasteiger partial charge in [-0.3, -0.25) is 0 Å². The van der Waals surface area contributed by atoms with Crippen LogP contribution in [0.25, 0.3) is 5.73 Å². The van der Waals surface area contributed by atoms with Gasteiger partial charge in [0.2, 0.25) is 0 Å². The Hall–Kier alpha value is -0.120.